The van der Waals surface area contributed by atoms with Crippen LogP contribution in [0, 0.1) is 5.92 Å². The summed E-state index contributed by atoms with van der Waals surface area (Å²) < 4.78 is 25.6. The van der Waals surface area contributed by atoms with Crippen LogP contribution in [0.25, 0.3) is 0 Å². The van der Waals surface area contributed by atoms with Gasteiger partial charge in [0.2, 0.25) is 0 Å². The van der Waals surface area contributed by atoms with Crippen LogP contribution in [0.5, 0.6) is 0 Å². The van der Waals surface area contributed by atoms with E-state index >= 15 is 0 Å². The van der Waals surface area contributed by atoms with Gasteiger partial charge in [0.05, 0.1) is 12.5 Å². The van der Waals surface area contributed by atoms with E-state index in [-0.39, 0.29) is 5.75 Å². The van der Waals surface area contributed by atoms with Crippen molar-refractivity contribution in [2.45, 2.75) is 39.5 Å². The van der Waals surface area contributed by atoms with Gasteiger partial charge in [-0.05, 0) is 6.42 Å². The van der Waals surface area contributed by atoms with Crippen LogP contribution in [0.2, 0.25) is 0 Å². The molecule has 0 saturated heterocycles. The van der Waals surface area contributed by atoms with Gasteiger partial charge in [0.25, 0.3) is 0 Å². The van der Waals surface area contributed by atoms with Crippen LogP contribution in [-0.4, -0.2) is 27.1 Å². The van der Waals surface area contributed by atoms with Crippen molar-refractivity contribution in [2.24, 2.45) is 5.92 Å². The van der Waals surface area contributed by atoms with Gasteiger partial charge in [0.15, 0.2) is 0 Å². The first-order chi connectivity index (χ1) is 7.07. The van der Waals surface area contributed by atoms with Crippen molar-refractivity contribution < 1.29 is 18.3 Å². The molecule has 0 spiro atoms. The molecule has 0 saturated carbocycles. The number of rotatable bonds is 8. The Kier molecular flexibility index (Phi) is 8.61. The van der Waals surface area contributed by atoms with E-state index in [1.165, 1.54) is 0 Å². The lowest BCUT2D eigenvalue weighted by molar-refractivity contribution is -0.147. The predicted octanol–water partition coefficient (Wildman–Crippen LogP) is 1.63. The molecule has 90 valence electrons. The lowest BCUT2D eigenvalue weighted by Crippen LogP contribution is -2.21. The zero-order valence-corrected chi connectivity index (χ0v) is 10.2. The highest BCUT2D eigenvalue weighted by atomic mass is 32.2. The first-order valence-corrected chi connectivity index (χ1v) is 6.54. The molecule has 0 aliphatic rings. The van der Waals surface area contributed by atoms with Crippen molar-refractivity contribution in [2.75, 3.05) is 12.4 Å². The van der Waals surface area contributed by atoms with E-state index in [0.29, 0.717) is 6.61 Å². The molecule has 0 heterocycles. The zero-order chi connectivity index (χ0) is 11.7. The second kappa shape index (κ2) is 8.85. The zero-order valence-electron chi connectivity index (χ0n) is 9.36. The molecule has 0 aromatic carbocycles. The molecular formula is C10H19O4S-. The standard InChI is InChI=1S/C10H20O4S/c1-3-4-5-6-7-14-10(11)9(2)8-15(12)13/h9H,3-8H2,1-2H3,(H,12,13)/p-1. The van der Waals surface area contributed by atoms with Gasteiger partial charge >= 0.3 is 5.97 Å². The Morgan fingerprint density at radius 2 is 2.07 bits per heavy atom. The van der Waals surface area contributed by atoms with E-state index in [4.69, 9.17) is 4.74 Å². The fourth-order valence-electron chi connectivity index (χ4n) is 1.12. The fraction of sp³-hybridized carbons (Fsp3) is 0.900. The predicted molar refractivity (Wildman–Crippen MR) is 58.1 cm³/mol. The summed E-state index contributed by atoms with van der Waals surface area (Å²) in [4.78, 5) is 11.2. The first kappa shape index (κ1) is 14.6. The highest BCUT2D eigenvalue weighted by Crippen LogP contribution is 2.03. The molecule has 2 unspecified atom stereocenters. The molecule has 0 rings (SSSR count). The third kappa shape index (κ3) is 8.57. The minimum Gasteiger partial charge on any atom is -0.772 e. The van der Waals surface area contributed by atoms with Crippen molar-refractivity contribution in [3.8, 4) is 0 Å². The molecule has 0 fully saturated rings. The second-order valence-electron chi connectivity index (χ2n) is 3.60. The summed E-state index contributed by atoms with van der Waals surface area (Å²) in [6.07, 6.45) is 4.18. The molecule has 0 aromatic heterocycles. The van der Waals surface area contributed by atoms with Crippen LogP contribution < -0.4 is 0 Å². The smallest absolute Gasteiger partial charge is 0.309 e. The number of hydrogen-bond acceptors (Lipinski definition) is 4. The Morgan fingerprint density at radius 3 is 2.60 bits per heavy atom. The summed E-state index contributed by atoms with van der Waals surface area (Å²) >= 11 is -2.18. The number of esters is 1. The van der Waals surface area contributed by atoms with Crippen LogP contribution >= 0.6 is 0 Å². The topological polar surface area (TPSA) is 66.4 Å². The van der Waals surface area contributed by atoms with Crippen LogP contribution in [0.1, 0.15) is 39.5 Å². The summed E-state index contributed by atoms with van der Waals surface area (Å²) in [7, 11) is 0. The van der Waals surface area contributed by atoms with Crippen molar-refractivity contribution in [3.63, 3.8) is 0 Å². The second-order valence-corrected chi connectivity index (χ2v) is 4.54. The monoisotopic (exact) mass is 235 g/mol. The van der Waals surface area contributed by atoms with E-state index in [9.17, 15) is 13.6 Å². The van der Waals surface area contributed by atoms with Gasteiger partial charge in [-0.25, -0.2) is 0 Å². The van der Waals surface area contributed by atoms with Crippen LogP contribution in [-0.2, 0) is 20.6 Å². The molecule has 0 N–H and O–H groups in total. The quantitative estimate of drug-likeness (QED) is 0.364. The van der Waals surface area contributed by atoms with Gasteiger partial charge in [0, 0.05) is 5.75 Å². The molecular weight excluding hydrogens is 216 g/mol. The van der Waals surface area contributed by atoms with Crippen molar-refractivity contribution in [3.05, 3.63) is 0 Å². The van der Waals surface area contributed by atoms with E-state index in [0.717, 1.165) is 25.7 Å². The average Bonchev–Trinajstić information content (AvgIpc) is 2.16. The summed E-state index contributed by atoms with van der Waals surface area (Å²) in [6, 6.07) is 0. The lowest BCUT2D eigenvalue weighted by Gasteiger charge is -2.12. The van der Waals surface area contributed by atoms with Gasteiger partial charge < -0.3 is 9.29 Å². The van der Waals surface area contributed by atoms with Gasteiger partial charge in [-0.3, -0.25) is 9.00 Å². The summed E-state index contributed by atoms with van der Waals surface area (Å²) in [5.74, 6) is -1.14. The SMILES string of the molecule is CCCCCCOC(=O)C(C)CS(=O)[O-]. The third-order valence-electron chi connectivity index (χ3n) is 2.03. The number of hydrogen-bond donors (Lipinski definition) is 0. The van der Waals surface area contributed by atoms with E-state index in [2.05, 4.69) is 6.92 Å². The molecule has 0 amide bonds. The van der Waals surface area contributed by atoms with Crippen molar-refractivity contribution in [1.82, 2.24) is 0 Å². The average molecular weight is 235 g/mol. The van der Waals surface area contributed by atoms with Gasteiger partial charge in [-0.2, -0.15) is 0 Å². The minimum absolute atomic E-state index is 0.159. The van der Waals surface area contributed by atoms with Crippen LogP contribution in [0.4, 0.5) is 0 Å². The van der Waals surface area contributed by atoms with Crippen LogP contribution in [0.15, 0.2) is 0 Å². The molecule has 0 aliphatic heterocycles. The largest absolute Gasteiger partial charge is 0.772 e. The Morgan fingerprint density at radius 1 is 1.40 bits per heavy atom. The highest BCUT2D eigenvalue weighted by Gasteiger charge is 2.13. The van der Waals surface area contributed by atoms with Crippen molar-refractivity contribution >= 4 is 17.0 Å². The maximum absolute atomic E-state index is 11.2. The highest BCUT2D eigenvalue weighted by molar-refractivity contribution is 7.79. The molecule has 0 aromatic rings. The Labute approximate surface area is 93.7 Å². The Hall–Kier alpha value is -0.420. The van der Waals surface area contributed by atoms with E-state index < -0.39 is 23.0 Å². The maximum Gasteiger partial charge on any atom is 0.309 e. The number of ether oxygens (including phenoxy) is 1. The van der Waals surface area contributed by atoms with E-state index in [1.807, 2.05) is 0 Å². The Bertz CT molecular complexity index is 206. The lowest BCUT2D eigenvalue weighted by atomic mass is 10.2. The van der Waals surface area contributed by atoms with Gasteiger partial charge in [-0.15, -0.1) is 0 Å². The minimum atomic E-state index is -2.18. The van der Waals surface area contributed by atoms with Gasteiger partial charge in [0.1, 0.15) is 0 Å². The maximum atomic E-state index is 11.2. The molecule has 2 atom stereocenters. The van der Waals surface area contributed by atoms with Gasteiger partial charge in [-0.1, -0.05) is 44.2 Å². The number of carbonyl (C=O) groups is 1. The number of unbranched alkanes of at least 4 members (excludes halogenated alkanes) is 3. The first-order valence-electron chi connectivity index (χ1n) is 5.30. The fourth-order valence-corrected chi connectivity index (χ4v) is 1.66. The number of carbonyl (C=O) groups excluding carboxylic acids is 1. The molecule has 0 radical (unpaired) electrons. The molecule has 5 heteroatoms. The third-order valence-corrected chi connectivity index (χ3v) is 2.80. The molecule has 0 aliphatic carbocycles. The van der Waals surface area contributed by atoms with Crippen molar-refractivity contribution in [1.29, 1.82) is 0 Å². The Balaban J connectivity index is 3.51. The summed E-state index contributed by atoms with van der Waals surface area (Å²) in [5, 5.41) is 0. The summed E-state index contributed by atoms with van der Waals surface area (Å²) in [6.45, 7) is 4.07. The molecule has 0 bridgehead atoms. The summed E-state index contributed by atoms with van der Waals surface area (Å²) in [5.41, 5.74) is 0. The van der Waals surface area contributed by atoms with Crippen LogP contribution in [0.3, 0.4) is 0 Å². The normalized spacial score (nSPS) is 14.6. The molecule has 4 nitrogen and oxygen atoms in total. The molecule has 15 heavy (non-hydrogen) atoms. The van der Waals surface area contributed by atoms with E-state index in [1.54, 1.807) is 6.92 Å².